The number of aromatic carboxylic acids is 1. The summed E-state index contributed by atoms with van der Waals surface area (Å²) in [6.45, 7) is 5.14. The molecule has 122 valence electrons. The molecule has 0 spiro atoms. The van der Waals surface area contributed by atoms with Crippen LogP contribution in [0.3, 0.4) is 0 Å². The maximum Gasteiger partial charge on any atom is 0.335 e. The molecule has 0 radical (unpaired) electrons. The van der Waals surface area contributed by atoms with Crippen LogP contribution in [0.25, 0.3) is 0 Å². The average Bonchev–Trinajstić information content (AvgIpc) is 2.54. The highest BCUT2D eigenvalue weighted by Gasteiger charge is 2.14. The summed E-state index contributed by atoms with van der Waals surface area (Å²) in [4.78, 5) is 13.2. The second-order valence-corrected chi connectivity index (χ2v) is 6.17. The molecule has 0 aromatic heterocycles. The van der Waals surface area contributed by atoms with Gasteiger partial charge in [-0.1, -0.05) is 48.9 Å². The molecule has 23 heavy (non-hydrogen) atoms. The van der Waals surface area contributed by atoms with E-state index in [0.717, 1.165) is 24.9 Å². The number of aryl methyl sites for hydroxylation is 1. The first-order valence-corrected chi connectivity index (χ1v) is 8.07. The Bertz CT molecular complexity index is 632. The molecule has 0 amide bonds. The Morgan fingerprint density at radius 1 is 1.04 bits per heavy atom. The van der Waals surface area contributed by atoms with Gasteiger partial charge in [0.25, 0.3) is 0 Å². The normalized spacial score (nSPS) is 12.3. The van der Waals surface area contributed by atoms with E-state index in [-0.39, 0.29) is 0 Å². The van der Waals surface area contributed by atoms with Crippen LogP contribution in [0.1, 0.15) is 40.4 Å². The highest BCUT2D eigenvalue weighted by molar-refractivity contribution is 5.87. The van der Waals surface area contributed by atoms with Crippen molar-refractivity contribution in [3.63, 3.8) is 0 Å². The lowest BCUT2D eigenvalue weighted by atomic mass is 10.0. The van der Waals surface area contributed by atoms with Gasteiger partial charge in [0.2, 0.25) is 0 Å². The van der Waals surface area contributed by atoms with Crippen LogP contribution in [-0.2, 0) is 13.0 Å². The summed E-state index contributed by atoms with van der Waals surface area (Å²) < 4.78 is 0. The van der Waals surface area contributed by atoms with Crippen LogP contribution >= 0.6 is 0 Å². The monoisotopic (exact) mass is 311 g/mol. The van der Waals surface area contributed by atoms with Crippen LogP contribution in [0.4, 0.5) is 0 Å². The largest absolute Gasteiger partial charge is 0.478 e. The van der Waals surface area contributed by atoms with E-state index in [4.69, 9.17) is 5.11 Å². The Morgan fingerprint density at radius 3 is 2.13 bits per heavy atom. The highest BCUT2D eigenvalue weighted by Crippen LogP contribution is 2.15. The molecule has 0 aliphatic rings. The topological polar surface area (TPSA) is 40.5 Å². The van der Waals surface area contributed by atoms with E-state index in [1.807, 2.05) is 12.1 Å². The van der Waals surface area contributed by atoms with Gasteiger partial charge in [-0.05, 0) is 50.1 Å². The minimum atomic E-state index is -0.879. The number of nitrogens with zero attached hydrogens (tertiary/aromatic N) is 1. The van der Waals surface area contributed by atoms with Crippen molar-refractivity contribution in [3.05, 3.63) is 70.8 Å². The van der Waals surface area contributed by atoms with E-state index >= 15 is 0 Å². The Balaban J connectivity index is 2.00. The van der Waals surface area contributed by atoms with Crippen LogP contribution < -0.4 is 0 Å². The lowest BCUT2D eigenvalue weighted by molar-refractivity contribution is 0.0697. The summed E-state index contributed by atoms with van der Waals surface area (Å²) in [5, 5.41) is 8.96. The number of rotatable bonds is 7. The summed E-state index contributed by atoms with van der Waals surface area (Å²) in [5.74, 6) is -0.879. The number of hydrogen-bond donors (Lipinski definition) is 1. The van der Waals surface area contributed by atoms with Gasteiger partial charge in [0.15, 0.2) is 0 Å². The van der Waals surface area contributed by atoms with Gasteiger partial charge in [-0.25, -0.2) is 4.79 Å². The SMILES string of the molecule is CCC(Cc1ccc(C)cc1)N(C)Cc1ccc(C(=O)O)cc1. The second kappa shape index (κ2) is 7.93. The zero-order chi connectivity index (χ0) is 16.8. The Labute approximate surface area is 138 Å². The molecule has 0 saturated carbocycles. The van der Waals surface area contributed by atoms with Crippen molar-refractivity contribution in [2.45, 2.75) is 39.3 Å². The summed E-state index contributed by atoms with van der Waals surface area (Å²) in [6, 6.07) is 16.3. The third-order valence-corrected chi connectivity index (χ3v) is 4.32. The van der Waals surface area contributed by atoms with Gasteiger partial charge < -0.3 is 5.11 Å². The third kappa shape index (κ3) is 4.93. The first kappa shape index (κ1) is 17.2. The maximum atomic E-state index is 10.9. The average molecular weight is 311 g/mol. The zero-order valence-electron chi connectivity index (χ0n) is 14.1. The van der Waals surface area contributed by atoms with E-state index < -0.39 is 5.97 Å². The van der Waals surface area contributed by atoms with E-state index in [1.54, 1.807) is 12.1 Å². The van der Waals surface area contributed by atoms with Crippen LogP contribution in [0, 0.1) is 6.92 Å². The minimum absolute atomic E-state index is 0.336. The lowest BCUT2D eigenvalue weighted by Gasteiger charge is -2.27. The minimum Gasteiger partial charge on any atom is -0.478 e. The second-order valence-electron chi connectivity index (χ2n) is 6.17. The van der Waals surface area contributed by atoms with Crippen molar-refractivity contribution < 1.29 is 9.90 Å². The molecule has 3 heteroatoms. The van der Waals surface area contributed by atoms with Crippen molar-refractivity contribution in [2.75, 3.05) is 7.05 Å². The molecule has 1 N–H and O–H groups in total. The van der Waals surface area contributed by atoms with E-state index in [1.165, 1.54) is 11.1 Å². The van der Waals surface area contributed by atoms with Crippen molar-refractivity contribution in [2.24, 2.45) is 0 Å². The van der Waals surface area contributed by atoms with Crippen LogP contribution in [0.15, 0.2) is 48.5 Å². The molecular weight excluding hydrogens is 286 g/mol. The van der Waals surface area contributed by atoms with Crippen molar-refractivity contribution >= 4 is 5.97 Å². The predicted molar refractivity (Wildman–Crippen MR) is 93.8 cm³/mol. The lowest BCUT2D eigenvalue weighted by Crippen LogP contribution is -2.32. The Morgan fingerprint density at radius 2 is 1.61 bits per heavy atom. The molecule has 0 aliphatic carbocycles. The first-order valence-electron chi connectivity index (χ1n) is 8.07. The molecule has 0 fully saturated rings. The number of carbonyl (C=O) groups is 1. The summed E-state index contributed by atoms with van der Waals surface area (Å²) in [5.41, 5.74) is 4.12. The van der Waals surface area contributed by atoms with Gasteiger partial charge in [0, 0.05) is 12.6 Å². The molecule has 1 atom stereocenters. The van der Waals surface area contributed by atoms with E-state index in [0.29, 0.717) is 11.6 Å². The van der Waals surface area contributed by atoms with Crippen molar-refractivity contribution in [3.8, 4) is 0 Å². The Hall–Kier alpha value is -2.13. The van der Waals surface area contributed by atoms with Crippen LogP contribution in [0.5, 0.6) is 0 Å². The fourth-order valence-electron chi connectivity index (χ4n) is 2.78. The summed E-state index contributed by atoms with van der Waals surface area (Å²) in [6.07, 6.45) is 2.11. The fourth-order valence-corrected chi connectivity index (χ4v) is 2.78. The standard InChI is InChI=1S/C20H25NO2/c1-4-19(13-16-7-5-15(2)6-8-16)21(3)14-17-9-11-18(12-10-17)20(22)23/h5-12,19H,4,13-14H2,1-3H3,(H,22,23). The molecule has 0 saturated heterocycles. The highest BCUT2D eigenvalue weighted by atomic mass is 16.4. The third-order valence-electron chi connectivity index (χ3n) is 4.32. The molecule has 2 rings (SSSR count). The van der Waals surface area contributed by atoms with E-state index in [9.17, 15) is 4.79 Å². The molecular formula is C20H25NO2. The van der Waals surface area contributed by atoms with Gasteiger partial charge in [-0.15, -0.1) is 0 Å². The number of hydrogen-bond acceptors (Lipinski definition) is 2. The molecule has 2 aromatic carbocycles. The van der Waals surface area contributed by atoms with Gasteiger partial charge in [0.1, 0.15) is 0 Å². The number of likely N-dealkylation sites (N-methyl/N-ethyl adjacent to an activating group) is 1. The first-order chi connectivity index (χ1) is 11.0. The summed E-state index contributed by atoms with van der Waals surface area (Å²) >= 11 is 0. The molecule has 2 aromatic rings. The number of carboxylic acid groups (broad SMARTS) is 1. The quantitative estimate of drug-likeness (QED) is 0.835. The number of carboxylic acids is 1. The van der Waals surface area contributed by atoms with Crippen LogP contribution in [-0.4, -0.2) is 29.1 Å². The van der Waals surface area contributed by atoms with Gasteiger partial charge in [-0.2, -0.15) is 0 Å². The number of benzene rings is 2. The molecule has 0 aliphatic heterocycles. The Kier molecular flexibility index (Phi) is 5.94. The van der Waals surface area contributed by atoms with Gasteiger partial charge >= 0.3 is 5.97 Å². The van der Waals surface area contributed by atoms with Gasteiger partial charge in [0.05, 0.1) is 5.56 Å². The summed E-state index contributed by atoms with van der Waals surface area (Å²) in [7, 11) is 2.13. The molecule has 3 nitrogen and oxygen atoms in total. The predicted octanol–water partition coefficient (Wildman–Crippen LogP) is 4.15. The van der Waals surface area contributed by atoms with Crippen LogP contribution in [0.2, 0.25) is 0 Å². The van der Waals surface area contributed by atoms with Gasteiger partial charge in [-0.3, -0.25) is 4.90 Å². The fraction of sp³-hybridized carbons (Fsp3) is 0.350. The zero-order valence-corrected chi connectivity index (χ0v) is 14.1. The molecule has 0 heterocycles. The molecule has 0 bridgehead atoms. The van der Waals surface area contributed by atoms with E-state index in [2.05, 4.69) is 50.1 Å². The van der Waals surface area contributed by atoms with Crippen molar-refractivity contribution in [1.29, 1.82) is 0 Å². The van der Waals surface area contributed by atoms with Crippen molar-refractivity contribution in [1.82, 2.24) is 4.90 Å². The smallest absolute Gasteiger partial charge is 0.335 e. The molecule has 1 unspecified atom stereocenters. The maximum absolute atomic E-state index is 10.9.